The molecule has 0 radical (unpaired) electrons. The summed E-state index contributed by atoms with van der Waals surface area (Å²) in [7, 11) is 0. The molecule has 1 rings (SSSR count). The quantitative estimate of drug-likeness (QED) is 0.763. The van der Waals surface area contributed by atoms with E-state index in [0.29, 0.717) is 10.6 Å². The molecule has 0 fully saturated rings. The molecule has 1 N–H and O–H groups in total. The Bertz CT molecular complexity index is 429. The van der Waals surface area contributed by atoms with Gasteiger partial charge in [0.15, 0.2) is 0 Å². The Labute approximate surface area is 97.5 Å². The molecular weight excluding hydrogens is 230 g/mol. The number of halogens is 1. The minimum atomic E-state index is -1.33. The summed E-state index contributed by atoms with van der Waals surface area (Å²) in [5, 5.41) is 12.7. The molecular formula is C11H9ClNO3-. The van der Waals surface area contributed by atoms with Crippen LogP contribution in [0.5, 0.6) is 0 Å². The average molecular weight is 239 g/mol. The molecule has 1 aromatic rings. The second-order valence-corrected chi connectivity index (χ2v) is 3.35. The summed E-state index contributed by atoms with van der Waals surface area (Å²) in [6.45, 7) is -0.508. The number of amides is 1. The molecule has 0 bridgehead atoms. The highest BCUT2D eigenvalue weighted by molar-refractivity contribution is 6.32. The van der Waals surface area contributed by atoms with Crippen molar-refractivity contribution < 1.29 is 14.7 Å². The topological polar surface area (TPSA) is 69.2 Å². The first kappa shape index (κ1) is 12.3. The smallest absolute Gasteiger partial charge is 0.244 e. The number of hydrogen-bond donors (Lipinski definition) is 1. The van der Waals surface area contributed by atoms with Crippen molar-refractivity contribution >= 4 is 29.6 Å². The molecule has 4 nitrogen and oxygen atoms in total. The largest absolute Gasteiger partial charge is 0.548 e. The number of nitrogens with one attached hydrogen (secondary N) is 1. The number of carbonyl (C=O) groups excluding carboxylic acids is 2. The highest BCUT2D eigenvalue weighted by Gasteiger charge is 1.96. The molecule has 1 amide bonds. The molecule has 0 unspecified atom stereocenters. The van der Waals surface area contributed by atoms with Gasteiger partial charge >= 0.3 is 0 Å². The summed E-state index contributed by atoms with van der Waals surface area (Å²) in [4.78, 5) is 21.2. The summed E-state index contributed by atoms with van der Waals surface area (Å²) >= 11 is 5.85. The van der Waals surface area contributed by atoms with Crippen molar-refractivity contribution in [3.63, 3.8) is 0 Å². The van der Waals surface area contributed by atoms with Crippen LogP contribution in [0.15, 0.2) is 30.3 Å². The summed E-state index contributed by atoms with van der Waals surface area (Å²) in [5.74, 6) is -1.84. The SMILES string of the molecule is O=C([O-])CNC(=O)C=Cc1ccccc1Cl. The van der Waals surface area contributed by atoms with Gasteiger partial charge in [0, 0.05) is 11.1 Å². The fourth-order valence-corrected chi connectivity index (χ4v) is 1.19. The highest BCUT2D eigenvalue weighted by Crippen LogP contribution is 2.15. The van der Waals surface area contributed by atoms with Gasteiger partial charge < -0.3 is 15.2 Å². The molecule has 84 valence electrons. The third-order valence-corrected chi connectivity index (χ3v) is 2.07. The van der Waals surface area contributed by atoms with Crippen LogP contribution in [0, 0.1) is 0 Å². The molecule has 0 atom stereocenters. The van der Waals surface area contributed by atoms with E-state index >= 15 is 0 Å². The lowest BCUT2D eigenvalue weighted by molar-refractivity contribution is -0.303. The van der Waals surface area contributed by atoms with Gasteiger partial charge in [-0.15, -0.1) is 0 Å². The van der Waals surface area contributed by atoms with Crippen LogP contribution in [0.25, 0.3) is 6.08 Å². The lowest BCUT2D eigenvalue weighted by atomic mass is 10.2. The van der Waals surface area contributed by atoms with E-state index in [1.165, 1.54) is 12.2 Å². The van der Waals surface area contributed by atoms with Crippen LogP contribution in [-0.4, -0.2) is 18.4 Å². The second kappa shape index (κ2) is 5.92. The Balaban J connectivity index is 2.57. The van der Waals surface area contributed by atoms with Gasteiger partial charge in [0.05, 0.1) is 12.5 Å². The Morgan fingerprint density at radius 2 is 2.06 bits per heavy atom. The van der Waals surface area contributed by atoms with E-state index in [0.717, 1.165) is 0 Å². The van der Waals surface area contributed by atoms with Crippen LogP contribution in [0.4, 0.5) is 0 Å². The Morgan fingerprint density at radius 3 is 2.69 bits per heavy atom. The first-order valence-electron chi connectivity index (χ1n) is 4.50. The van der Waals surface area contributed by atoms with Gasteiger partial charge in [0.1, 0.15) is 0 Å². The van der Waals surface area contributed by atoms with Crippen LogP contribution < -0.4 is 10.4 Å². The van der Waals surface area contributed by atoms with Crippen molar-refractivity contribution in [1.29, 1.82) is 0 Å². The predicted octanol–water partition coefficient (Wildman–Crippen LogP) is 0.219. The molecule has 0 saturated carbocycles. The fraction of sp³-hybridized carbons (Fsp3) is 0.0909. The van der Waals surface area contributed by atoms with Crippen molar-refractivity contribution in [3.05, 3.63) is 40.9 Å². The van der Waals surface area contributed by atoms with Crippen molar-refractivity contribution in [2.45, 2.75) is 0 Å². The number of carboxylic acid groups (broad SMARTS) is 1. The van der Waals surface area contributed by atoms with Crippen molar-refractivity contribution in [3.8, 4) is 0 Å². The third kappa shape index (κ3) is 4.14. The molecule has 0 saturated heterocycles. The van der Waals surface area contributed by atoms with E-state index in [1.807, 2.05) is 0 Å². The molecule has 0 aromatic heterocycles. The number of carboxylic acids is 1. The van der Waals surface area contributed by atoms with Crippen LogP contribution in [0.2, 0.25) is 5.02 Å². The zero-order valence-corrected chi connectivity index (χ0v) is 9.03. The number of carbonyl (C=O) groups is 2. The summed E-state index contributed by atoms with van der Waals surface area (Å²) in [5.41, 5.74) is 0.688. The third-order valence-electron chi connectivity index (χ3n) is 1.73. The molecule has 16 heavy (non-hydrogen) atoms. The predicted molar refractivity (Wildman–Crippen MR) is 58.5 cm³/mol. The Hall–Kier alpha value is -1.81. The van der Waals surface area contributed by atoms with Crippen LogP contribution in [0.1, 0.15) is 5.56 Å². The van der Waals surface area contributed by atoms with E-state index in [-0.39, 0.29) is 0 Å². The van der Waals surface area contributed by atoms with Crippen LogP contribution in [0.3, 0.4) is 0 Å². The zero-order chi connectivity index (χ0) is 12.0. The van der Waals surface area contributed by atoms with E-state index in [2.05, 4.69) is 5.32 Å². The molecule has 0 heterocycles. The Morgan fingerprint density at radius 1 is 1.38 bits per heavy atom. The summed E-state index contributed by atoms with van der Waals surface area (Å²) < 4.78 is 0. The molecule has 0 spiro atoms. The summed E-state index contributed by atoms with van der Waals surface area (Å²) in [6, 6.07) is 6.99. The normalized spacial score (nSPS) is 10.3. The van der Waals surface area contributed by atoms with Gasteiger partial charge in [-0.1, -0.05) is 29.8 Å². The first-order chi connectivity index (χ1) is 7.59. The van der Waals surface area contributed by atoms with E-state index in [1.54, 1.807) is 24.3 Å². The second-order valence-electron chi connectivity index (χ2n) is 2.94. The van der Waals surface area contributed by atoms with Crippen molar-refractivity contribution in [2.75, 3.05) is 6.54 Å². The van der Waals surface area contributed by atoms with Crippen molar-refractivity contribution in [2.24, 2.45) is 0 Å². The van der Waals surface area contributed by atoms with Gasteiger partial charge in [-0.2, -0.15) is 0 Å². The monoisotopic (exact) mass is 238 g/mol. The molecule has 0 aliphatic rings. The Kier molecular flexibility index (Phi) is 4.54. The van der Waals surface area contributed by atoms with Crippen molar-refractivity contribution in [1.82, 2.24) is 5.32 Å². The van der Waals surface area contributed by atoms with Gasteiger partial charge in [0.25, 0.3) is 0 Å². The summed E-state index contributed by atoms with van der Waals surface area (Å²) in [6.07, 6.45) is 2.72. The average Bonchev–Trinajstić information content (AvgIpc) is 2.25. The van der Waals surface area contributed by atoms with Crippen LogP contribution in [-0.2, 0) is 9.59 Å². The number of hydrogen-bond acceptors (Lipinski definition) is 3. The van der Waals surface area contributed by atoms with E-state index in [4.69, 9.17) is 11.6 Å². The fourth-order valence-electron chi connectivity index (χ4n) is 0.994. The minimum Gasteiger partial charge on any atom is -0.548 e. The van der Waals surface area contributed by atoms with E-state index < -0.39 is 18.4 Å². The van der Waals surface area contributed by atoms with E-state index in [9.17, 15) is 14.7 Å². The lowest BCUT2D eigenvalue weighted by Crippen LogP contribution is -2.36. The number of aliphatic carboxylic acids is 1. The minimum absolute atomic E-state index is 0.508. The standard InChI is InChI=1S/C11H10ClNO3/c12-9-4-2-1-3-8(9)5-6-10(14)13-7-11(15)16/h1-6H,7H2,(H,13,14)(H,15,16)/p-1. The van der Waals surface area contributed by atoms with Gasteiger partial charge in [-0.05, 0) is 17.7 Å². The molecule has 0 aliphatic carbocycles. The zero-order valence-electron chi connectivity index (χ0n) is 8.27. The molecule has 1 aromatic carbocycles. The molecule has 5 heteroatoms. The maximum atomic E-state index is 11.1. The van der Waals surface area contributed by atoms with Crippen LogP contribution >= 0.6 is 11.6 Å². The molecule has 0 aliphatic heterocycles. The van der Waals surface area contributed by atoms with Gasteiger partial charge in [-0.3, -0.25) is 4.79 Å². The number of benzene rings is 1. The lowest BCUT2D eigenvalue weighted by Gasteiger charge is -2.02. The maximum absolute atomic E-state index is 11.1. The van der Waals surface area contributed by atoms with Gasteiger partial charge in [-0.25, -0.2) is 0 Å². The maximum Gasteiger partial charge on any atom is 0.244 e. The highest BCUT2D eigenvalue weighted by atomic mass is 35.5. The van der Waals surface area contributed by atoms with Gasteiger partial charge in [0.2, 0.25) is 5.91 Å². The first-order valence-corrected chi connectivity index (χ1v) is 4.87. The number of rotatable bonds is 4.